The lowest BCUT2D eigenvalue weighted by atomic mass is 10.1. The van der Waals surface area contributed by atoms with Gasteiger partial charge in [0.05, 0.1) is 11.0 Å². The number of carbonyl (C=O) groups is 1. The highest BCUT2D eigenvalue weighted by Gasteiger charge is 2.33. The molecule has 2 aromatic heterocycles. The molecule has 1 saturated carbocycles. The van der Waals surface area contributed by atoms with E-state index in [1.807, 2.05) is 11.8 Å². The lowest BCUT2D eigenvalue weighted by Crippen LogP contribution is -2.41. The average Bonchev–Trinajstić information content (AvgIpc) is 3.24. The Labute approximate surface area is 165 Å². The quantitative estimate of drug-likeness (QED) is 0.663. The van der Waals surface area contributed by atoms with Gasteiger partial charge in [-0.2, -0.15) is 0 Å². The summed E-state index contributed by atoms with van der Waals surface area (Å²) in [5, 5.41) is 12.7. The minimum atomic E-state index is -0.148. The van der Waals surface area contributed by atoms with Gasteiger partial charge >= 0.3 is 0 Å². The fraction of sp³-hybridized carbons (Fsp3) is 0.368. The van der Waals surface area contributed by atoms with Gasteiger partial charge in [0.2, 0.25) is 0 Å². The Morgan fingerprint density at radius 1 is 1.19 bits per heavy atom. The minimum Gasteiger partial charge on any atom is -0.327 e. The van der Waals surface area contributed by atoms with Gasteiger partial charge in [-0.1, -0.05) is 11.6 Å². The topological polar surface area (TPSA) is 63.9 Å². The van der Waals surface area contributed by atoms with Gasteiger partial charge in [-0.05, 0) is 44.0 Å². The van der Waals surface area contributed by atoms with Crippen LogP contribution < -0.4 is 0 Å². The van der Waals surface area contributed by atoms with Crippen LogP contribution in [0.3, 0.4) is 0 Å². The van der Waals surface area contributed by atoms with Crippen LogP contribution in [-0.4, -0.2) is 37.1 Å². The van der Waals surface area contributed by atoms with E-state index >= 15 is 0 Å². The van der Waals surface area contributed by atoms with Crippen LogP contribution in [0.5, 0.6) is 0 Å². The molecule has 0 saturated heterocycles. The normalized spacial score (nSPS) is 19.2. The third kappa shape index (κ3) is 2.95. The molecule has 0 bridgehead atoms. The van der Waals surface area contributed by atoms with Gasteiger partial charge in [0.25, 0.3) is 5.91 Å². The second-order valence-electron chi connectivity index (χ2n) is 7.06. The van der Waals surface area contributed by atoms with Crippen LogP contribution in [0.15, 0.2) is 29.6 Å². The highest BCUT2D eigenvalue weighted by atomic mass is 35.5. The molecule has 138 valence electrons. The second-order valence-corrected chi connectivity index (χ2v) is 8.39. The zero-order chi connectivity index (χ0) is 18.5. The lowest BCUT2D eigenvalue weighted by Gasteiger charge is -2.33. The Morgan fingerprint density at radius 2 is 1.96 bits per heavy atom. The predicted molar refractivity (Wildman–Crippen MR) is 104 cm³/mol. The SMILES string of the molecule is C[C@@H]1c2nnc(-c3csc(C4CC4)n3)n2CCN1C(=O)c1ccc(Cl)cc1. The molecule has 2 aliphatic rings. The fourth-order valence-corrected chi connectivity index (χ4v) is 4.61. The van der Waals surface area contributed by atoms with Crippen LogP contribution in [0.1, 0.15) is 52.9 Å². The molecule has 1 aliphatic carbocycles. The van der Waals surface area contributed by atoms with Crippen LogP contribution in [0.4, 0.5) is 0 Å². The Kier molecular flexibility index (Phi) is 4.02. The molecule has 3 heterocycles. The van der Waals surface area contributed by atoms with E-state index in [4.69, 9.17) is 16.6 Å². The monoisotopic (exact) mass is 399 g/mol. The fourth-order valence-electron chi connectivity index (χ4n) is 3.52. The molecule has 1 aliphatic heterocycles. The number of hydrogen-bond acceptors (Lipinski definition) is 5. The summed E-state index contributed by atoms with van der Waals surface area (Å²) in [5.74, 6) is 2.23. The first kappa shape index (κ1) is 16.9. The summed E-state index contributed by atoms with van der Waals surface area (Å²) in [6, 6.07) is 6.85. The summed E-state index contributed by atoms with van der Waals surface area (Å²) < 4.78 is 2.10. The van der Waals surface area contributed by atoms with Crippen molar-refractivity contribution >= 4 is 28.8 Å². The number of fused-ring (bicyclic) bond motifs is 1. The number of rotatable bonds is 3. The zero-order valence-corrected chi connectivity index (χ0v) is 16.4. The number of nitrogens with zero attached hydrogens (tertiary/aromatic N) is 5. The van der Waals surface area contributed by atoms with Crippen LogP contribution in [-0.2, 0) is 6.54 Å². The van der Waals surface area contributed by atoms with E-state index in [0.29, 0.717) is 29.6 Å². The predicted octanol–water partition coefficient (Wildman–Crippen LogP) is 4.15. The first-order valence-electron chi connectivity index (χ1n) is 9.07. The molecule has 1 fully saturated rings. The molecule has 1 amide bonds. The largest absolute Gasteiger partial charge is 0.327 e. The van der Waals surface area contributed by atoms with Crippen LogP contribution in [0.2, 0.25) is 5.02 Å². The van der Waals surface area contributed by atoms with Crippen molar-refractivity contribution in [1.29, 1.82) is 0 Å². The molecular weight excluding hydrogens is 382 g/mol. The van der Waals surface area contributed by atoms with Crippen LogP contribution >= 0.6 is 22.9 Å². The zero-order valence-electron chi connectivity index (χ0n) is 14.8. The second kappa shape index (κ2) is 6.42. The number of halogens is 1. The van der Waals surface area contributed by atoms with E-state index in [2.05, 4.69) is 20.1 Å². The van der Waals surface area contributed by atoms with Crippen molar-refractivity contribution in [2.75, 3.05) is 6.54 Å². The van der Waals surface area contributed by atoms with Crippen molar-refractivity contribution in [3.63, 3.8) is 0 Å². The third-order valence-electron chi connectivity index (χ3n) is 5.21. The third-order valence-corrected chi connectivity index (χ3v) is 6.47. The molecule has 1 atom stereocenters. The maximum absolute atomic E-state index is 12.9. The van der Waals surface area contributed by atoms with Gasteiger partial charge in [-0.15, -0.1) is 21.5 Å². The molecule has 0 unspecified atom stereocenters. The van der Waals surface area contributed by atoms with Crippen LogP contribution in [0.25, 0.3) is 11.5 Å². The van der Waals surface area contributed by atoms with E-state index in [1.165, 1.54) is 17.8 Å². The van der Waals surface area contributed by atoms with Crippen molar-refractivity contribution in [3.05, 3.63) is 51.1 Å². The molecular formula is C19H18ClN5OS. The number of aromatic nitrogens is 4. The van der Waals surface area contributed by atoms with E-state index in [-0.39, 0.29) is 11.9 Å². The van der Waals surface area contributed by atoms with Crippen molar-refractivity contribution < 1.29 is 4.79 Å². The molecule has 0 N–H and O–H groups in total. The molecule has 3 aromatic rings. The highest BCUT2D eigenvalue weighted by Crippen LogP contribution is 2.42. The lowest BCUT2D eigenvalue weighted by molar-refractivity contribution is 0.0638. The number of hydrogen-bond donors (Lipinski definition) is 0. The summed E-state index contributed by atoms with van der Waals surface area (Å²) in [4.78, 5) is 19.5. The summed E-state index contributed by atoms with van der Waals surface area (Å²) in [7, 11) is 0. The Bertz CT molecular complexity index is 1010. The van der Waals surface area contributed by atoms with Gasteiger partial charge in [-0.3, -0.25) is 4.79 Å². The van der Waals surface area contributed by atoms with Gasteiger partial charge in [0, 0.05) is 35.0 Å². The average molecular weight is 400 g/mol. The standard InChI is InChI=1S/C19H18ClN5OS/c1-11-16-22-23-17(15-10-27-18(21-15)12-2-3-12)25(16)9-8-24(11)19(26)13-4-6-14(20)7-5-13/h4-7,10-12H,2-3,8-9H2,1H3/t11-/m1/s1. The van der Waals surface area contributed by atoms with E-state index in [9.17, 15) is 4.79 Å². The van der Waals surface area contributed by atoms with Crippen molar-refractivity contribution in [2.24, 2.45) is 0 Å². The van der Waals surface area contributed by atoms with Crippen molar-refractivity contribution in [1.82, 2.24) is 24.6 Å². The first-order valence-corrected chi connectivity index (χ1v) is 10.3. The van der Waals surface area contributed by atoms with Crippen LogP contribution in [0, 0.1) is 0 Å². The number of benzene rings is 1. The highest BCUT2D eigenvalue weighted by molar-refractivity contribution is 7.10. The maximum atomic E-state index is 12.9. The Morgan fingerprint density at radius 3 is 2.70 bits per heavy atom. The summed E-state index contributed by atoms with van der Waals surface area (Å²) in [6.07, 6.45) is 2.48. The summed E-state index contributed by atoms with van der Waals surface area (Å²) in [6.45, 7) is 3.27. The van der Waals surface area contributed by atoms with E-state index < -0.39 is 0 Å². The minimum absolute atomic E-state index is 0.0142. The molecule has 0 radical (unpaired) electrons. The number of carbonyl (C=O) groups excluding carboxylic acids is 1. The molecule has 6 nitrogen and oxygen atoms in total. The van der Waals surface area contributed by atoms with Crippen molar-refractivity contribution in [3.8, 4) is 11.5 Å². The van der Waals surface area contributed by atoms with Gasteiger partial charge < -0.3 is 9.47 Å². The Hall–Kier alpha value is -2.25. The maximum Gasteiger partial charge on any atom is 0.254 e. The van der Waals surface area contributed by atoms with E-state index in [1.54, 1.807) is 35.6 Å². The first-order chi connectivity index (χ1) is 13.1. The van der Waals surface area contributed by atoms with Gasteiger partial charge in [-0.25, -0.2) is 4.98 Å². The Balaban J connectivity index is 1.42. The summed E-state index contributed by atoms with van der Waals surface area (Å²) >= 11 is 7.64. The summed E-state index contributed by atoms with van der Waals surface area (Å²) in [5.41, 5.74) is 1.53. The van der Waals surface area contributed by atoms with E-state index in [0.717, 1.165) is 17.3 Å². The van der Waals surface area contributed by atoms with Gasteiger partial charge in [0.15, 0.2) is 11.6 Å². The number of thiazole rings is 1. The van der Waals surface area contributed by atoms with Gasteiger partial charge in [0.1, 0.15) is 5.69 Å². The molecule has 8 heteroatoms. The smallest absolute Gasteiger partial charge is 0.254 e. The van der Waals surface area contributed by atoms with Crippen molar-refractivity contribution in [2.45, 2.75) is 38.3 Å². The molecule has 27 heavy (non-hydrogen) atoms. The molecule has 5 rings (SSSR count). The molecule has 0 spiro atoms. The number of amides is 1. The molecule has 1 aromatic carbocycles.